The van der Waals surface area contributed by atoms with Gasteiger partial charge in [0, 0.05) is 38.3 Å². The van der Waals surface area contributed by atoms with Crippen LogP contribution in [0, 0.1) is 6.92 Å². The van der Waals surface area contributed by atoms with E-state index in [0.717, 1.165) is 21.9 Å². The summed E-state index contributed by atoms with van der Waals surface area (Å²) in [5.41, 5.74) is 3.05. The lowest BCUT2D eigenvalue weighted by atomic mass is 10.0. The monoisotopic (exact) mass is 415 g/mol. The average Bonchev–Trinajstić information content (AvgIpc) is 2.82. The molecule has 1 saturated heterocycles. The molecule has 0 spiro atoms. The number of nitrogens with zero attached hydrogens (tertiary/aromatic N) is 2. The Bertz CT molecular complexity index is 1060. The fourth-order valence-corrected chi connectivity index (χ4v) is 4.10. The molecule has 31 heavy (non-hydrogen) atoms. The fraction of sp³-hybridized carbons (Fsp3) is 0.308. The van der Waals surface area contributed by atoms with Gasteiger partial charge in [-0.1, -0.05) is 66.2 Å². The highest BCUT2D eigenvalue weighted by Gasteiger charge is 2.28. The molecule has 1 N–H and O–H groups in total. The number of hydrogen-bond acceptors (Lipinski definition) is 3. The van der Waals surface area contributed by atoms with Gasteiger partial charge >= 0.3 is 0 Å². The first-order valence-corrected chi connectivity index (χ1v) is 10.9. The van der Waals surface area contributed by atoms with E-state index in [0.29, 0.717) is 32.7 Å². The number of rotatable bonds is 5. The molecule has 1 aliphatic heterocycles. The van der Waals surface area contributed by atoms with Crippen molar-refractivity contribution < 1.29 is 9.59 Å². The van der Waals surface area contributed by atoms with E-state index in [1.54, 1.807) is 0 Å². The largest absolute Gasteiger partial charge is 0.351 e. The number of hydrogen-bond donors (Lipinski definition) is 1. The highest BCUT2D eigenvalue weighted by Crippen LogP contribution is 2.21. The minimum Gasteiger partial charge on any atom is -0.351 e. The summed E-state index contributed by atoms with van der Waals surface area (Å²) in [5, 5.41) is 5.10. The van der Waals surface area contributed by atoms with Crippen molar-refractivity contribution in [3.05, 3.63) is 83.4 Å². The zero-order valence-electron chi connectivity index (χ0n) is 18.2. The molecule has 1 aliphatic rings. The van der Waals surface area contributed by atoms with Crippen molar-refractivity contribution in [2.45, 2.75) is 26.4 Å². The first-order chi connectivity index (χ1) is 15.0. The van der Waals surface area contributed by atoms with Gasteiger partial charge in [-0.25, -0.2) is 0 Å². The lowest BCUT2D eigenvalue weighted by Crippen LogP contribution is -2.54. The van der Waals surface area contributed by atoms with Crippen molar-refractivity contribution in [1.29, 1.82) is 0 Å². The third kappa shape index (κ3) is 4.78. The molecule has 1 fully saturated rings. The Kier molecular flexibility index (Phi) is 6.33. The van der Waals surface area contributed by atoms with Crippen LogP contribution in [0.4, 0.5) is 0 Å². The van der Waals surface area contributed by atoms with E-state index >= 15 is 0 Å². The topological polar surface area (TPSA) is 52.7 Å². The highest BCUT2D eigenvalue weighted by molar-refractivity contribution is 6.07. The quantitative estimate of drug-likeness (QED) is 0.693. The van der Waals surface area contributed by atoms with Gasteiger partial charge in [0.15, 0.2) is 0 Å². The van der Waals surface area contributed by atoms with Crippen molar-refractivity contribution >= 4 is 22.6 Å². The Labute approximate surface area is 183 Å². The summed E-state index contributed by atoms with van der Waals surface area (Å²) in [4.78, 5) is 29.8. The third-order valence-electron chi connectivity index (χ3n) is 6.14. The van der Waals surface area contributed by atoms with E-state index in [4.69, 9.17) is 0 Å². The molecule has 0 aromatic heterocycles. The summed E-state index contributed by atoms with van der Waals surface area (Å²) in [6.07, 6.45) is 0. The smallest absolute Gasteiger partial charge is 0.254 e. The molecule has 2 amide bonds. The number of carbonyl (C=O) groups excluding carboxylic acids is 2. The maximum Gasteiger partial charge on any atom is 0.254 e. The van der Waals surface area contributed by atoms with E-state index in [2.05, 4.69) is 29.3 Å². The minimum absolute atomic E-state index is 0.0226. The van der Waals surface area contributed by atoms with Gasteiger partial charge in [0.05, 0.1) is 6.04 Å². The molecule has 0 saturated carbocycles. The number of aryl methyl sites for hydroxylation is 1. The second-order valence-corrected chi connectivity index (χ2v) is 8.23. The third-order valence-corrected chi connectivity index (χ3v) is 6.14. The molecule has 1 atom stereocenters. The Morgan fingerprint density at radius 2 is 1.58 bits per heavy atom. The molecular formula is C26H29N3O2. The maximum absolute atomic E-state index is 13.1. The van der Waals surface area contributed by atoms with Crippen LogP contribution in [0.5, 0.6) is 0 Å². The Morgan fingerprint density at radius 3 is 2.32 bits per heavy atom. The highest BCUT2D eigenvalue weighted by atomic mass is 16.2. The molecule has 1 unspecified atom stereocenters. The molecule has 0 bridgehead atoms. The van der Waals surface area contributed by atoms with Crippen LogP contribution in [0.15, 0.2) is 66.7 Å². The van der Waals surface area contributed by atoms with Crippen LogP contribution in [0.25, 0.3) is 10.8 Å². The van der Waals surface area contributed by atoms with Gasteiger partial charge in [0.25, 0.3) is 5.91 Å². The van der Waals surface area contributed by atoms with E-state index in [-0.39, 0.29) is 17.9 Å². The second-order valence-electron chi connectivity index (χ2n) is 8.23. The molecule has 0 radical (unpaired) electrons. The molecule has 1 heterocycles. The van der Waals surface area contributed by atoms with Crippen molar-refractivity contribution in [2.24, 2.45) is 0 Å². The number of nitrogens with one attached hydrogen (secondary N) is 1. The van der Waals surface area contributed by atoms with Crippen LogP contribution in [0.2, 0.25) is 0 Å². The number of amides is 2. The SMILES string of the molecule is Cc1ccc(CNC(=O)C(C)N2CCN(C(=O)c3cccc4ccccc34)CC2)cc1. The maximum atomic E-state index is 13.1. The second kappa shape index (κ2) is 9.31. The lowest BCUT2D eigenvalue weighted by Gasteiger charge is -2.37. The van der Waals surface area contributed by atoms with E-state index in [1.165, 1.54) is 5.56 Å². The van der Waals surface area contributed by atoms with Crippen LogP contribution in [0.3, 0.4) is 0 Å². The molecule has 0 aliphatic carbocycles. The van der Waals surface area contributed by atoms with E-state index in [9.17, 15) is 9.59 Å². The van der Waals surface area contributed by atoms with Crippen LogP contribution in [-0.4, -0.2) is 53.8 Å². The standard InChI is InChI=1S/C26H29N3O2/c1-19-10-12-21(13-11-19)18-27-25(30)20(2)28-14-16-29(17-15-28)26(31)24-9-5-7-22-6-3-4-8-23(22)24/h3-13,20H,14-18H2,1-2H3,(H,27,30). The van der Waals surface area contributed by atoms with Crippen molar-refractivity contribution in [3.63, 3.8) is 0 Å². The number of piperazine rings is 1. The summed E-state index contributed by atoms with van der Waals surface area (Å²) in [7, 11) is 0. The number of benzene rings is 3. The van der Waals surface area contributed by atoms with Gasteiger partial charge in [0.2, 0.25) is 5.91 Å². The molecule has 3 aromatic rings. The summed E-state index contributed by atoms with van der Waals surface area (Å²) in [5.74, 6) is 0.0855. The fourth-order valence-electron chi connectivity index (χ4n) is 4.10. The van der Waals surface area contributed by atoms with Crippen LogP contribution < -0.4 is 5.32 Å². The molecular weight excluding hydrogens is 386 g/mol. The molecule has 160 valence electrons. The van der Waals surface area contributed by atoms with Crippen LogP contribution >= 0.6 is 0 Å². The zero-order valence-corrected chi connectivity index (χ0v) is 18.2. The van der Waals surface area contributed by atoms with Crippen LogP contribution in [0.1, 0.15) is 28.4 Å². The van der Waals surface area contributed by atoms with Gasteiger partial charge < -0.3 is 10.2 Å². The Balaban J connectivity index is 1.32. The Morgan fingerprint density at radius 1 is 0.903 bits per heavy atom. The van der Waals surface area contributed by atoms with E-state index in [1.807, 2.05) is 66.4 Å². The molecule has 5 nitrogen and oxygen atoms in total. The summed E-state index contributed by atoms with van der Waals surface area (Å²) in [6.45, 7) is 7.14. The molecule has 4 rings (SSSR count). The predicted octanol–water partition coefficient (Wildman–Crippen LogP) is 3.61. The van der Waals surface area contributed by atoms with Crippen LogP contribution in [-0.2, 0) is 11.3 Å². The van der Waals surface area contributed by atoms with E-state index < -0.39 is 0 Å². The molecule has 5 heteroatoms. The van der Waals surface area contributed by atoms with Gasteiger partial charge in [-0.2, -0.15) is 0 Å². The van der Waals surface area contributed by atoms with Crippen molar-refractivity contribution in [3.8, 4) is 0 Å². The first kappa shape index (κ1) is 21.1. The van der Waals surface area contributed by atoms with Gasteiger partial charge in [0.1, 0.15) is 0 Å². The number of fused-ring (bicyclic) bond motifs is 1. The van der Waals surface area contributed by atoms with Gasteiger partial charge in [-0.15, -0.1) is 0 Å². The molecule has 3 aromatic carbocycles. The summed E-state index contributed by atoms with van der Waals surface area (Å²) in [6, 6.07) is 21.8. The minimum atomic E-state index is -0.222. The average molecular weight is 416 g/mol. The number of carbonyl (C=O) groups is 2. The van der Waals surface area contributed by atoms with Gasteiger partial charge in [-0.05, 0) is 36.2 Å². The summed E-state index contributed by atoms with van der Waals surface area (Å²) < 4.78 is 0. The lowest BCUT2D eigenvalue weighted by molar-refractivity contribution is -0.126. The predicted molar refractivity (Wildman–Crippen MR) is 124 cm³/mol. The zero-order chi connectivity index (χ0) is 21.8. The van der Waals surface area contributed by atoms with Crippen molar-refractivity contribution in [2.75, 3.05) is 26.2 Å². The van der Waals surface area contributed by atoms with Gasteiger partial charge in [-0.3, -0.25) is 14.5 Å². The first-order valence-electron chi connectivity index (χ1n) is 10.9. The Hall–Kier alpha value is -3.18. The normalized spacial score (nSPS) is 15.6. The van der Waals surface area contributed by atoms with Crippen molar-refractivity contribution in [1.82, 2.24) is 15.1 Å². The summed E-state index contributed by atoms with van der Waals surface area (Å²) >= 11 is 0.